The largest absolute Gasteiger partial charge is 0.477 e. The predicted molar refractivity (Wildman–Crippen MR) is 30.0 cm³/mol. The highest BCUT2D eigenvalue weighted by Crippen LogP contribution is 1.87. The highest BCUT2D eigenvalue weighted by atomic mass is 31.1. The van der Waals surface area contributed by atoms with Crippen LogP contribution in [-0.2, 0) is 9.36 Å². The van der Waals surface area contributed by atoms with Gasteiger partial charge < -0.3 is 5.11 Å². The van der Waals surface area contributed by atoms with Crippen molar-refractivity contribution in [3.63, 3.8) is 0 Å². The Balaban J connectivity index is 3.34. The van der Waals surface area contributed by atoms with Crippen molar-refractivity contribution in [2.24, 2.45) is 4.99 Å². The van der Waals surface area contributed by atoms with Gasteiger partial charge in [-0.1, -0.05) is 4.57 Å². The fraction of sp³-hybridized carbons (Fsp3) is 0.333. The lowest BCUT2D eigenvalue weighted by Gasteiger charge is -1.70. The van der Waals surface area contributed by atoms with Crippen LogP contribution in [-0.4, -0.2) is 23.6 Å². The summed E-state index contributed by atoms with van der Waals surface area (Å²) in [7, 11) is -0.554. The molecule has 0 aliphatic carbocycles. The molecule has 1 N–H and O–H groups in total. The van der Waals surface area contributed by atoms with Crippen LogP contribution in [0.1, 0.15) is 0 Å². The molecule has 0 aromatic carbocycles. The molecule has 0 spiro atoms. The van der Waals surface area contributed by atoms with Gasteiger partial charge in [0.2, 0.25) is 6.29 Å². The molecule has 0 aliphatic rings. The van der Waals surface area contributed by atoms with Crippen molar-refractivity contribution in [1.29, 1.82) is 0 Å². The number of nitrogens with zero attached hydrogens (tertiary/aromatic N) is 1. The van der Waals surface area contributed by atoms with Gasteiger partial charge in [0.05, 0.1) is 0 Å². The highest BCUT2D eigenvalue weighted by molar-refractivity contribution is 7.23. The Morgan fingerprint density at radius 3 is 2.88 bits per heavy atom. The van der Waals surface area contributed by atoms with Gasteiger partial charge in [0.25, 0.3) is 0 Å². The zero-order chi connectivity index (χ0) is 6.41. The zero-order valence-electron chi connectivity index (χ0n) is 4.00. The van der Waals surface area contributed by atoms with Crippen molar-refractivity contribution in [3.8, 4) is 0 Å². The van der Waals surface area contributed by atoms with Crippen LogP contribution < -0.4 is 0 Å². The summed E-state index contributed by atoms with van der Waals surface area (Å²) in [6.45, 7) is 0. The standard InChI is InChI=1S/C3H4NO3P/c5-3(6)1-4-2-8-7/h1H,2H2,(H,5,6)/p+1. The van der Waals surface area contributed by atoms with Crippen LogP contribution in [0.25, 0.3) is 0 Å². The summed E-state index contributed by atoms with van der Waals surface area (Å²) in [6.07, 6.45) is 0.803. The van der Waals surface area contributed by atoms with E-state index in [9.17, 15) is 9.36 Å². The first kappa shape index (κ1) is 7.24. The maximum absolute atomic E-state index is 9.63. The van der Waals surface area contributed by atoms with Gasteiger partial charge in [-0.05, 0) is 0 Å². The molecular formula is C3H5NO3P+. The van der Waals surface area contributed by atoms with Crippen LogP contribution in [0.5, 0.6) is 0 Å². The third-order valence-corrected chi connectivity index (χ3v) is 0.669. The number of hydrogen-bond acceptors (Lipinski definition) is 3. The second kappa shape index (κ2) is 4.40. The summed E-state index contributed by atoms with van der Waals surface area (Å²) in [6, 6.07) is 0. The molecule has 0 heterocycles. The van der Waals surface area contributed by atoms with Crippen LogP contribution in [0.2, 0.25) is 0 Å². The SMILES string of the molecule is O=[PH+]CN=CC(=O)O. The molecule has 0 bridgehead atoms. The second-order valence-corrected chi connectivity index (χ2v) is 1.56. The van der Waals surface area contributed by atoms with Gasteiger partial charge in [-0.3, -0.25) is 0 Å². The zero-order valence-corrected chi connectivity index (χ0v) is 5.00. The molecule has 4 nitrogen and oxygen atoms in total. The summed E-state index contributed by atoms with van der Waals surface area (Å²) in [5, 5.41) is 7.89. The summed E-state index contributed by atoms with van der Waals surface area (Å²) in [4.78, 5) is 12.9. The lowest BCUT2D eigenvalue weighted by molar-refractivity contribution is -0.128. The van der Waals surface area contributed by atoms with Gasteiger partial charge in [-0.25, -0.2) is 9.79 Å². The van der Waals surface area contributed by atoms with E-state index >= 15 is 0 Å². The molecule has 1 atom stereocenters. The van der Waals surface area contributed by atoms with Crippen molar-refractivity contribution >= 4 is 20.6 Å². The summed E-state index contributed by atoms with van der Waals surface area (Å²) >= 11 is 0. The van der Waals surface area contributed by atoms with Crippen molar-refractivity contribution in [3.05, 3.63) is 0 Å². The van der Waals surface area contributed by atoms with E-state index in [2.05, 4.69) is 4.99 Å². The molecule has 0 radical (unpaired) electrons. The summed E-state index contributed by atoms with van der Waals surface area (Å²) in [5.74, 6) is -1.11. The average Bonchev–Trinajstić information content (AvgIpc) is 1.66. The Hall–Kier alpha value is -0.760. The van der Waals surface area contributed by atoms with Crippen molar-refractivity contribution in [1.82, 2.24) is 0 Å². The molecule has 0 aromatic heterocycles. The van der Waals surface area contributed by atoms with E-state index < -0.39 is 14.4 Å². The number of aliphatic carboxylic acids is 1. The average molecular weight is 134 g/mol. The molecule has 0 saturated carbocycles. The van der Waals surface area contributed by atoms with Crippen LogP contribution in [0.3, 0.4) is 0 Å². The van der Waals surface area contributed by atoms with E-state index in [1.54, 1.807) is 0 Å². The van der Waals surface area contributed by atoms with Gasteiger partial charge in [0.15, 0.2) is 0 Å². The Bertz CT molecular complexity index is 122. The van der Waals surface area contributed by atoms with Crippen molar-refractivity contribution < 1.29 is 14.5 Å². The third kappa shape index (κ3) is 5.24. The van der Waals surface area contributed by atoms with Gasteiger partial charge in [0.1, 0.15) is 6.21 Å². The van der Waals surface area contributed by atoms with Gasteiger partial charge in [-0.2, -0.15) is 0 Å². The molecule has 1 unspecified atom stereocenters. The molecule has 8 heavy (non-hydrogen) atoms. The molecule has 44 valence electrons. The van der Waals surface area contributed by atoms with E-state index in [0.29, 0.717) is 0 Å². The minimum atomic E-state index is -1.11. The number of rotatable bonds is 3. The molecule has 0 saturated heterocycles. The van der Waals surface area contributed by atoms with Gasteiger partial charge in [-0.15, -0.1) is 0 Å². The highest BCUT2D eigenvalue weighted by Gasteiger charge is 1.86. The van der Waals surface area contributed by atoms with Crippen molar-refractivity contribution in [2.45, 2.75) is 0 Å². The number of hydrogen-bond donors (Lipinski definition) is 1. The van der Waals surface area contributed by atoms with E-state index in [4.69, 9.17) is 5.11 Å². The minimum Gasteiger partial charge on any atom is -0.477 e. The normalized spacial score (nSPS) is 10.5. The molecule has 0 fully saturated rings. The molecule has 0 rings (SSSR count). The maximum Gasteiger partial charge on any atom is 0.348 e. The fourth-order valence-electron chi connectivity index (χ4n) is 0.161. The van der Waals surface area contributed by atoms with Crippen LogP contribution in [0.15, 0.2) is 4.99 Å². The first-order chi connectivity index (χ1) is 3.77. The number of aliphatic imine (C=N–C) groups is 1. The summed E-state index contributed by atoms with van der Waals surface area (Å²) in [5.41, 5.74) is 0. The van der Waals surface area contributed by atoms with Crippen LogP contribution >= 0.6 is 8.46 Å². The third-order valence-electron chi connectivity index (χ3n) is 0.358. The Morgan fingerprint density at radius 1 is 1.88 bits per heavy atom. The quantitative estimate of drug-likeness (QED) is 0.440. The second-order valence-electron chi connectivity index (χ2n) is 0.952. The molecule has 0 amide bonds. The molecule has 0 aliphatic heterocycles. The van der Waals surface area contributed by atoms with E-state index in [1.807, 2.05) is 0 Å². The topological polar surface area (TPSA) is 66.7 Å². The van der Waals surface area contributed by atoms with Crippen molar-refractivity contribution in [2.75, 3.05) is 6.29 Å². The lowest BCUT2D eigenvalue weighted by atomic mass is 10.8. The smallest absolute Gasteiger partial charge is 0.348 e. The predicted octanol–water partition coefficient (Wildman–Crippen LogP) is 0.123. The van der Waals surface area contributed by atoms with Gasteiger partial charge >= 0.3 is 14.4 Å². The maximum atomic E-state index is 9.63. The van der Waals surface area contributed by atoms with Gasteiger partial charge in [0, 0.05) is 0 Å². The molecule has 5 heteroatoms. The Labute approximate surface area is 47.4 Å². The number of carbonyl (C=O) groups is 1. The van der Waals surface area contributed by atoms with E-state index in [-0.39, 0.29) is 6.29 Å². The van der Waals surface area contributed by atoms with E-state index in [0.717, 1.165) is 6.21 Å². The monoisotopic (exact) mass is 134 g/mol. The van der Waals surface area contributed by atoms with Crippen LogP contribution in [0.4, 0.5) is 0 Å². The first-order valence-corrected chi connectivity index (χ1v) is 2.96. The number of carboxylic acids is 1. The Kier molecular flexibility index (Phi) is 3.98. The van der Waals surface area contributed by atoms with E-state index in [1.165, 1.54) is 0 Å². The van der Waals surface area contributed by atoms with Crippen LogP contribution in [0, 0.1) is 0 Å². The first-order valence-electron chi connectivity index (χ1n) is 1.85. The lowest BCUT2D eigenvalue weighted by Crippen LogP contribution is -1.94. The number of carboxylic acid groups (broad SMARTS) is 1. The minimum absolute atomic E-state index is 0.0757. The summed E-state index contributed by atoms with van der Waals surface area (Å²) < 4.78 is 9.63. The Morgan fingerprint density at radius 2 is 2.50 bits per heavy atom. The molecular weight excluding hydrogens is 129 g/mol. The molecule has 0 aromatic rings. The fourth-order valence-corrected chi connectivity index (χ4v) is 0.327.